The van der Waals surface area contributed by atoms with Crippen molar-refractivity contribution in [3.8, 4) is 11.5 Å². The molecule has 2 rings (SSSR count). The zero-order valence-electron chi connectivity index (χ0n) is 16.0. The number of ether oxygens (including phenoxy) is 3. The van der Waals surface area contributed by atoms with E-state index in [0.29, 0.717) is 18.1 Å². The summed E-state index contributed by atoms with van der Waals surface area (Å²) >= 11 is 0. The SMILES string of the molecule is CCOc1cc(C(=O)O[C@@H](C)C(=O)Nc2ccccc2C(F)(F)F)ccc1OC. The second kappa shape index (κ2) is 9.31. The van der Waals surface area contributed by atoms with Crippen LogP contribution in [0.3, 0.4) is 0 Å². The second-order valence-corrected chi connectivity index (χ2v) is 5.88. The number of methoxy groups -OCH3 is 1. The van der Waals surface area contributed by atoms with Crippen LogP contribution in [0.2, 0.25) is 0 Å². The van der Waals surface area contributed by atoms with Gasteiger partial charge in [-0.05, 0) is 44.2 Å². The van der Waals surface area contributed by atoms with Crippen LogP contribution in [0.5, 0.6) is 11.5 Å². The Kier molecular flexibility index (Phi) is 7.08. The molecule has 0 aliphatic rings. The molecule has 0 radical (unpaired) electrons. The van der Waals surface area contributed by atoms with Gasteiger partial charge in [0.25, 0.3) is 5.91 Å². The summed E-state index contributed by atoms with van der Waals surface area (Å²) in [5.41, 5.74) is -1.32. The quantitative estimate of drug-likeness (QED) is 0.688. The lowest BCUT2D eigenvalue weighted by Crippen LogP contribution is -2.30. The number of halogens is 3. The number of alkyl halides is 3. The van der Waals surface area contributed by atoms with Crippen molar-refractivity contribution in [2.24, 2.45) is 0 Å². The van der Waals surface area contributed by atoms with Crippen molar-refractivity contribution in [3.63, 3.8) is 0 Å². The van der Waals surface area contributed by atoms with Crippen LogP contribution in [0.1, 0.15) is 29.8 Å². The van der Waals surface area contributed by atoms with Crippen LogP contribution in [0.15, 0.2) is 42.5 Å². The molecule has 0 saturated heterocycles. The van der Waals surface area contributed by atoms with Crippen LogP contribution in [-0.2, 0) is 15.7 Å². The molecule has 2 aromatic carbocycles. The van der Waals surface area contributed by atoms with Crippen molar-refractivity contribution in [2.45, 2.75) is 26.1 Å². The van der Waals surface area contributed by atoms with E-state index >= 15 is 0 Å². The number of carbonyl (C=O) groups is 2. The van der Waals surface area contributed by atoms with Crippen LogP contribution >= 0.6 is 0 Å². The van der Waals surface area contributed by atoms with Crippen molar-refractivity contribution in [1.29, 1.82) is 0 Å². The van der Waals surface area contributed by atoms with E-state index in [1.54, 1.807) is 6.92 Å². The zero-order chi connectivity index (χ0) is 21.6. The summed E-state index contributed by atoms with van der Waals surface area (Å²) in [6.07, 6.45) is -5.97. The first-order chi connectivity index (χ1) is 13.7. The first kappa shape index (κ1) is 22.1. The summed E-state index contributed by atoms with van der Waals surface area (Å²) in [6.45, 7) is 3.36. The lowest BCUT2D eigenvalue weighted by molar-refractivity contribution is -0.137. The smallest absolute Gasteiger partial charge is 0.418 e. The largest absolute Gasteiger partial charge is 0.493 e. The van der Waals surface area contributed by atoms with Gasteiger partial charge in [0, 0.05) is 0 Å². The van der Waals surface area contributed by atoms with Gasteiger partial charge < -0.3 is 19.5 Å². The summed E-state index contributed by atoms with van der Waals surface area (Å²) in [6, 6.07) is 8.86. The molecule has 156 valence electrons. The lowest BCUT2D eigenvalue weighted by Gasteiger charge is -2.17. The van der Waals surface area contributed by atoms with Crippen molar-refractivity contribution in [2.75, 3.05) is 19.0 Å². The molecule has 0 aliphatic carbocycles. The van der Waals surface area contributed by atoms with E-state index in [1.807, 2.05) is 0 Å². The first-order valence-electron chi connectivity index (χ1n) is 8.66. The number of rotatable bonds is 7. The molecule has 0 fully saturated rings. The van der Waals surface area contributed by atoms with Gasteiger partial charge in [-0.15, -0.1) is 0 Å². The molecule has 0 bridgehead atoms. The Balaban J connectivity index is 2.10. The van der Waals surface area contributed by atoms with Gasteiger partial charge in [0.15, 0.2) is 17.6 Å². The summed E-state index contributed by atoms with van der Waals surface area (Å²) in [5, 5.41) is 2.14. The van der Waals surface area contributed by atoms with Gasteiger partial charge in [-0.3, -0.25) is 4.79 Å². The monoisotopic (exact) mass is 411 g/mol. The number of esters is 1. The predicted octanol–water partition coefficient (Wildman–Crippen LogP) is 4.30. The van der Waals surface area contributed by atoms with Gasteiger partial charge in [-0.2, -0.15) is 13.2 Å². The Hall–Kier alpha value is -3.23. The van der Waals surface area contributed by atoms with E-state index in [4.69, 9.17) is 14.2 Å². The lowest BCUT2D eigenvalue weighted by atomic mass is 10.1. The van der Waals surface area contributed by atoms with Gasteiger partial charge in [0.05, 0.1) is 30.5 Å². The molecule has 0 aromatic heterocycles. The molecule has 9 heteroatoms. The Morgan fingerprint density at radius 2 is 1.79 bits per heavy atom. The highest BCUT2D eigenvalue weighted by molar-refractivity contribution is 5.98. The number of amides is 1. The van der Waals surface area contributed by atoms with Crippen LogP contribution < -0.4 is 14.8 Å². The molecule has 1 atom stereocenters. The second-order valence-electron chi connectivity index (χ2n) is 5.88. The fraction of sp³-hybridized carbons (Fsp3) is 0.300. The third-order valence-electron chi connectivity index (χ3n) is 3.84. The Bertz CT molecular complexity index is 883. The summed E-state index contributed by atoms with van der Waals surface area (Å²) in [4.78, 5) is 24.5. The van der Waals surface area contributed by atoms with Crippen molar-refractivity contribution < 1.29 is 37.0 Å². The van der Waals surface area contributed by atoms with Crippen molar-refractivity contribution in [3.05, 3.63) is 53.6 Å². The van der Waals surface area contributed by atoms with Gasteiger partial charge in [0.1, 0.15) is 0 Å². The molecule has 0 heterocycles. The van der Waals surface area contributed by atoms with Gasteiger partial charge in [0.2, 0.25) is 0 Å². The number of hydrogen-bond donors (Lipinski definition) is 1. The van der Waals surface area contributed by atoms with E-state index in [1.165, 1.54) is 44.4 Å². The Labute approximate surface area is 165 Å². The average molecular weight is 411 g/mol. The maximum atomic E-state index is 13.0. The molecule has 0 aliphatic heterocycles. The van der Waals surface area contributed by atoms with Crippen LogP contribution in [-0.4, -0.2) is 31.7 Å². The van der Waals surface area contributed by atoms with Crippen molar-refractivity contribution in [1.82, 2.24) is 0 Å². The molecule has 0 unspecified atom stereocenters. The molecular formula is C20H20F3NO5. The molecule has 1 N–H and O–H groups in total. The third kappa shape index (κ3) is 5.63. The van der Waals surface area contributed by atoms with Crippen LogP contribution in [0.4, 0.5) is 18.9 Å². The van der Waals surface area contributed by atoms with Crippen LogP contribution in [0.25, 0.3) is 0 Å². The van der Waals surface area contributed by atoms with Gasteiger partial charge >= 0.3 is 12.1 Å². The Morgan fingerprint density at radius 3 is 2.41 bits per heavy atom. The molecular weight excluding hydrogens is 391 g/mol. The minimum absolute atomic E-state index is 0.101. The maximum Gasteiger partial charge on any atom is 0.418 e. The van der Waals surface area contributed by atoms with E-state index < -0.39 is 35.4 Å². The van der Waals surface area contributed by atoms with E-state index in [-0.39, 0.29) is 5.56 Å². The highest BCUT2D eigenvalue weighted by atomic mass is 19.4. The molecule has 0 spiro atoms. The summed E-state index contributed by atoms with van der Waals surface area (Å²) in [7, 11) is 1.45. The highest BCUT2D eigenvalue weighted by Crippen LogP contribution is 2.34. The molecule has 29 heavy (non-hydrogen) atoms. The van der Waals surface area contributed by atoms with Crippen molar-refractivity contribution >= 4 is 17.6 Å². The van der Waals surface area contributed by atoms with Gasteiger partial charge in [-0.25, -0.2) is 4.79 Å². The van der Waals surface area contributed by atoms with E-state index in [2.05, 4.69) is 5.32 Å². The highest BCUT2D eigenvalue weighted by Gasteiger charge is 2.34. The number of benzene rings is 2. The standard InChI is InChI=1S/C20H20F3NO5/c1-4-28-17-11-13(9-10-16(17)27-3)19(26)29-12(2)18(25)24-15-8-6-5-7-14(15)20(21,22)23/h5-12H,4H2,1-3H3,(H,24,25)/t12-/m0/s1. The van der Waals surface area contributed by atoms with Crippen LogP contribution in [0, 0.1) is 0 Å². The van der Waals surface area contributed by atoms with Gasteiger partial charge in [-0.1, -0.05) is 12.1 Å². The Morgan fingerprint density at radius 1 is 1.10 bits per heavy atom. The molecule has 0 saturated carbocycles. The predicted molar refractivity (Wildman–Crippen MR) is 99.1 cm³/mol. The minimum atomic E-state index is -4.64. The summed E-state index contributed by atoms with van der Waals surface area (Å²) < 4.78 is 54.7. The number of hydrogen-bond acceptors (Lipinski definition) is 5. The minimum Gasteiger partial charge on any atom is -0.493 e. The van der Waals surface area contributed by atoms with E-state index in [9.17, 15) is 22.8 Å². The number of carbonyl (C=O) groups excluding carboxylic acids is 2. The summed E-state index contributed by atoms with van der Waals surface area (Å²) in [5.74, 6) is -0.993. The third-order valence-corrected chi connectivity index (χ3v) is 3.84. The topological polar surface area (TPSA) is 73.9 Å². The normalized spacial score (nSPS) is 12.1. The fourth-order valence-corrected chi connectivity index (χ4v) is 2.43. The average Bonchev–Trinajstić information content (AvgIpc) is 2.67. The molecule has 6 nitrogen and oxygen atoms in total. The molecule has 1 amide bonds. The fourth-order valence-electron chi connectivity index (χ4n) is 2.43. The zero-order valence-corrected chi connectivity index (χ0v) is 16.0. The molecule has 2 aromatic rings. The number of para-hydroxylation sites is 1. The first-order valence-corrected chi connectivity index (χ1v) is 8.66. The maximum absolute atomic E-state index is 13.0. The number of nitrogens with one attached hydrogen (secondary N) is 1. The van der Waals surface area contributed by atoms with E-state index in [0.717, 1.165) is 12.1 Å². The number of anilines is 1.